The number of anilines is 1. The molecule has 106 valence electrons. The molecule has 1 aliphatic rings. The van der Waals surface area contributed by atoms with Gasteiger partial charge in [-0.3, -0.25) is 4.72 Å². The Kier molecular flexibility index (Phi) is 4.47. The third kappa shape index (κ3) is 3.90. The van der Waals surface area contributed by atoms with Crippen molar-refractivity contribution in [1.82, 2.24) is 5.32 Å². The lowest BCUT2D eigenvalue weighted by Crippen LogP contribution is -2.33. The van der Waals surface area contributed by atoms with Gasteiger partial charge in [0, 0.05) is 6.04 Å². The number of benzene rings is 1. The SMILES string of the molecule is Cc1cc(Br)c(F)cc1NS(=O)(=O)CC1CCCN1. The van der Waals surface area contributed by atoms with Crippen molar-refractivity contribution in [2.24, 2.45) is 0 Å². The molecule has 7 heteroatoms. The molecule has 0 aliphatic carbocycles. The lowest BCUT2D eigenvalue weighted by Gasteiger charge is -2.14. The van der Waals surface area contributed by atoms with E-state index < -0.39 is 15.8 Å². The summed E-state index contributed by atoms with van der Waals surface area (Å²) in [6.07, 6.45) is 1.85. The molecule has 1 unspecified atom stereocenters. The second-order valence-corrected chi connectivity index (χ2v) is 7.38. The zero-order valence-corrected chi connectivity index (χ0v) is 12.9. The maximum Gasteiger partial charge on any atom is 0.234 e. The number of aryl methyl sites for hydroxylation is 1. The van der Waals surface area contributed by atoms with Crippen molar-refractivity contribution in [2.75, 3.05) is 17.0 Å². The molecule has 0 bridgehead atoms. The van der Waals surface area contributed by atoms with Crippen LogP contribution in [0.1, 0.15) is 18.4 Å². The first-order valence-electron chi connectivity index (χ1n) is 6.07. The van der Waals surface area contributed by atoms with Crippen molar-refractivity contribution in [2.45, 2.75) is 25.8 Å². The minimum Gasteiger partial charge on any atom is -0.313 e. The standard InChI is InChI=1S/C12H16BrFN2O2S/c1-8-5-10(13)11(14)6-12(8)16-19(17,18)7-9-3-2-4-15-9/h5-6,9,15-16H,2-4,7H2,1H3. The number of sulfonamides is 1. The van der Waals surface area contributed by atoms with Gasteiger partial charge in [0.2, 0.25) is 10.0 Å². The molecule has 2 rings (SSSR count). The first-order valence-corrected chi connectivity index (χ1v) is 8.51. The molecule has 1 heterocycles. The summed E-state index contributed by atoms with van der Waals surface area (Å²) in [5.41, 5.74) is 0.968. The fourth-order valence-electron chi connectivity index (χ4n) is 2.13. The molecule has 1 saturated heterocycles. The Morgan fingerprint density at radius 1 is 1.53 bits per heavy atom. The Morgan fingerprint density at radius 2 is 2.26 bits per heavy atom. The van der Waals surface area contributed by atoms with Crippen LogP contribution in [-0.4, -0.2) is 26.8 Å². The van der Waals surface area contributed by atoms with Crippen LogP contribution in [-0.2, 0) is 10.0 Å². The summed E-state index contributed by atoms with van der Waals surface area (Å²) in [4.78, 5) is 0. The predicted octanol–water partition coefficient (Wildman–Crippen LogP) is 2.39. The average molecular weight is 351 g/mol. The fourth-order valence-corrected chi connectivity index (χ4v) is 4.04. The highest BCUT2D eigenvalue weighted by Gasteiger charge is 2.22. The van der Waals surface area contributed by atoms with Crippen molar-refractivity contribution in [3.8, 4) is 0 Å². The maximum absolute atomic E-state index is 13.4. The molecule has 0 amide bonds. The van der Waals surface area contributed by atoms with Gasteiger partial charge in [0.15, 0.2) is 0 Å². The Hall–Kier alpha value is -0.660. The Balaban J connectivity index is 2.13. The number of rotatable bonds is 4. The summed E-state index contributed by atoms with van der Waals surface area (Å²) in [7, 11) is -3.46. The van der Waals surface area contributed by atoms with E-state index in [4.69, 9.17) is 0 Å². The number of nitrogens with one attached hydrogen (secondary N) is 2. The second kappa shape index (κ2) is 5.76. The molecule has 0 spiro atoms. The molecule has 1 aromatic rings. The molecule has 1 aliphatic heterocycles. The molecule has 0 aromatic heterocycles. The third-order valence-corrected chi connectivity index (χ3v) is 5.10. The van der Waals surface area contributed by atoms with Crippen molar-refractivity contribution in [3.05, 3.63) is 28.0 Å². The van der Waals surface area contributed by atoms with E-state index in [0.717, 1.165) is 19.4 Å². The van der Waals surface area contributed by atoms with Crippen LogP contribution in [0.2, 0.25) is 0 Å². The van der Waals surface area contributed by atoms with Crippen molar-refractivity contribution >= 4 is 31.6 Å². The van der Waals surface area contributed by atoms with Gasteiger partial charge in [-0.05, 0) is 59.9 Å². The molecule has 0 radical (unpaired) electrons. The highest BCUT2D eigenvalue weighted by Crippen LogP contribution is 2.25. The van der Waals surface area contributed by atoms with Gasteiger partial charge in [0.25, 0.3) is 0 Å². The van der Waals surface area contributed by atoms with E-state index in [2.05, 4.69) is 26.0 Å². The molecule has 1 fully saturated rings. The number of hydrogen-bond acceptors (Lipinski definition) is 3. The van der Waals surface area contributed by atoms with Crippen LogP contribution in [0.4, 0.5) is 10.1 Å². The van der Waals surface area contributed by atoms with Crippen LogP contribution in [0, 0.1) is 12.7 Å². The Bertz CT molecular complexity index is 571. The monoisotopic (exact) mass is 350 g/mol. The molecule has 1 atom stereocenters. The summed E-state index contributed by atoms with van der Waals surface area (Å²) < 4.78 is 40.3. The van der Waals surface area contributed by atoms with Gasteiger partial charge in [0.1, 0.15) is 5.82 Å². The molecule has 1 aromatic carbocycles. The quantitative estimate of drug-likeness (QED) is 0.876. The smallest absolute Gasteiger partial charge is 0.234 e. The van der Waals surface area contributed by atoms with Crippen LogP contribution in [0.15, 0.2) is 16.6 Å². The molecular weight excluding hydrogens is 335 g/mol. The van der Waals surface area contributed by atoms with Gasteiger partial charge in [-0.15, -0.1) is 0 Å². The summed E-state index contributed by atoms with van der Waals surface area (Å²) in [6.45, 7) is 2.59. The van der Waals surface area contributed by atoms with Crippen LogP contribution in [0.25, 0.3) is 0 Å². The van der Waals surface area contributed by atoms with Gasteiger partial charge in [-0.1, -0.05) is 0 Å². The molecule has 0 saturated carbocycles. The molecule has 19 heavy (non-hydrogen) atoms. The topological polar surface area (TPSA) is 58.2 Å². The minimum absolute atomic E-state index is 0.0156. The summed E-state index contributed by atoms with van der Waals surface area (Å²) in [6, 6.07) is 2.73. The third-order valence-electron chi connectivity index (χ3n) is 3.12. The first kappa shape index (κ1) is 14.7. The lowest BCUT2D eigenvalue weighted by atomic mass is 10.2. The van der Waals surface area contributed by atoms with E-state index in [1.54, 1.807) is 13.0 Å². The fraction of sp³-hybridized carbons (Fsp3) is 0.500. The van der Waals surface area contributed by atoms with E-state index in [-0.39, 0.29) is 11.8 Å². The van der Waals surface area contributed by atoms with E-state index in [1.807, 2.05) is 0 Å². The zero-order valence-electron chi connectivity index (χ0n) is 10.5. The average Bonchev–Trinajstić information content (AvgIpc) is 2.77. The van der Waals surface area contributed by atoms with Gasteiger partial charge in [-0.25, -0.2) is 12.8 Å². The van der Waals surface area contributed by atoms with E-state index in [0.29, 0.717) is 15.7 Å². The highest BCUT2D eigenvalue weighted by atomic mass is 79.9. The number of hydrogen-bond donors (Lipinski definition) is 2. The van der Waals surface area contributed by atoms with Crippen LogP contribution in [0.5, 0.6) is 0 Å². The molecule has 4 nitrogen and oxygen atoms in total. The van der Waals surface area contributed by atoms with Crippen molar-refractivity contribution < 1.29 is 12.8 Å². The largest absolute Gasteiger partial charge is 0.313 e. The van der Waals surface area contributed by atoms with Crippen LogP contribution >= 0.6 is 15.9 Å². The second-order valence-electron chi connectivity index (χ2n) is 4.76. The van der Waals surface area contributed by atoms with Crippen LogP contribution in [0.3, 0.4) is 0 Å². The Morgan fingerprint density at radius 3 is 2.89 bits per heavy atom. The van der Waals surface area contributed by atoms with Gasteiger partial charge < -0.3 is 5.32 Å². The molecular formula is C12H16BrFN2O2S. The van der Waals surface area contributed by atoms with Gasteiger partial charge in [-0.2, -0.15) is 0 Å². The van der Waals surface area contributed by atoms with Crippen LogP contribution < -0.4 is 10.0 Å². The summed E-state index contributed by atoms with van der Waals surface area (Å²) >= 11 is 3.07. The van der Waals surface area contributed by atoms with E-state index in [9.17, 15) is 12.8 Å². The lowest BCUT2D eigenvalue weighted by molar-refractivity contribution is 0.581. The highest BCUT2D eigenvalue weighted by molar-refractivity contribution is 9.10. The van der Waals surface area contributed by atoms with Crippen molar-refractivity contribution in [1.29, 1.82) is 0 Å². The van der Waals surface area contributed by atoms with E-state index in [1.165, 1.54) is 6.07 Å². The maximum atomic E-state index is 13.4. The first-order chi connectivity index (χ1) is 8.87. The van der Waals surface area contributed by atoms with Gasteiger partial charge >= 0.3 is 0 Å². The van der Waals surface area contributed by atoms with E-state index >= 15 is 0 Å². The minimum atomic E-state index is -3.46. The normalized spacial score (nSPS) is 19.6. The predicted molar refractivity (Wildman–Crippen MR) is 77.3 cm³/mol. The summed E-state index contributed by atoms with van der Waals surface area (Å²) in [5, 5.41) is 3.13. The summed E-state index contributed by atoms with van der Waals surface area (Å²) in [5.74, 6) is -0.466. The zero-order chi connectivity index (χ0) is 14.0. The molecule has 2 N–H and O–H groups in total. The van der Waals surface area contributed by atoms with Gasteiger partial charge in [0.05, 0.1) is 15.9 Å². The Labute approximate surface area is 121 Å². The number of halogens is 2. The van der Waals surface area contributed by atoms with Crippen molar-refractivity contribution in [3.63, 3.8) is 0 Å².